The van der Waals surface area contributed by atoms with E-state index in [0.717, 1.165) is 19.3 Å². The van der Waals surface area contributed by atoms with Crippen molar-refractivity contribution < 1.29 is 9.53 Å². The molecule has 1 heterocycles. The van der Waals surface area contributed by atoms with E-state index in [-0.39, 0.29) is 24.0 Å². The fourth-order valence-corrected chi connectivity index (χ4v) is 2.59. The van der Waals surface area contributed by atoms with Gasteiger partial charge in [-0.05, 0) is 25.2 Å². The highest BCUT2D eigenvalue weighted by molar-refractivity contribution is 6.18. The lowest BCUT2D eigenvalue weighted by Crippen LogP contribution is -2.42. The summed E-state index contributed by atoms with van der Waals surface area (Å²) in [5.41, 5.74) is 0. The molecule has 1 aliphatic rings. The standard InChI is InChI=1S/C13H24ClNO2/c1-4-12-11(5-6-17-12)13(16)15-10(8-14)7-9(2)3/h9-12H,4-8H2,1-3H3,(H,15,16). The number of nitrogens with one attached hydrogen (secondary N) is 1. The summed E-state index contributed by atoms with van der Waals surface area (Å²) in [4.78, 5) is 12.1. The Bertz CT molecular complexity index is 246. The zero-order valence-corrected chi connectivity index (χ0v) is 11.8. The lowest BCUT2D eigenvalue weighted by atomic mass is 9.97. The Balaban J connectivity index is 2.46. The normalized spacial score (nSPS) is 26.2. The molecular formula is C13H24ClNO2. The minimum Gasteiger partial charge on any atom is -0.377 e. The smallest absolute Gasteiger partial charge is 0.226 e. The average molecular weight is 262 g/mol. The van der Waals surface area contributed by atoms with Gasteiger partial charge in [-0.2, -0.15) is 0 Å². The maximum Gasteiger partial charge on any atom is 0.226 e. The fourth-order valence-electron chi connectivity index (χ4n) is 2.39. The number of carbonyl (C=O) groups excluding carboxylic acids is 1. The Labute approximate surface area is 109 Å². The first-order valence-electron chi connectivity index (χ1n) is 6.56. The number of rotatable bonds is 6. The SMILES string of the molecule is CCC1OCCC1C(=O)NC(CCl)CC(C)C. The molecule has 0 aromatic carbocycles. The topological polar surface area (TPSA) is 38.3 Å². The Hall–Kier alpha value is -0.280. The summed E-state index contributed by atoms with van der Waals surface area (Å²) in [6.45, 7) is 7.04. The van der Waals surface area contributed by atoms with Crippen LogP contribution in [0.25, 0.3) is 0 Å². The van der Waals surface area contributed by atoms with Gasteiger partial charge in [0.2, 0.25) is 5.91 Å². The molecule has 1 saturated heterocycles. The minimum absolute atomic E-state index is 0.0119. The van der Waals surface area contributed by atoms with E-state index in [2.05, 4.69) is 26.1 Å². The summed E-state index contributed by atoms with van der Waals surface area (Å²) in [6.07, 6.45) is 2.75. The highest BCUT2D eigenvalue weighted by atomic mass is 35.5. The van der Waals surface area contributed by atoms with Gasteiger partial charge in [0.25, 0.3) is 0 Å². The maximum atomic E-state index is 12.1. The van der Waals surface area contributed by atoms with Crippen molar-refractivity contribution in [2.45, 2.75) is 52.2 Å². The van der Waals surface area contributed by atoms with Crippen LogP contribution in [0, 0.1) is 11.8 Å². The van der Waals surface area contributed by atoms with Crippen molar-refractivity contribution in [2.75, 3.05) is 12.5 Å². The van der Waals surface area contributed by atoms with Crippen molar-refractivity contribution in [3.8, 4) is 0 Å². The van der Waals surface area contributed by atoms with Crippen LogP contribution in [0.4, 0.5) is 0 Å². The quantitative estimate of drug-likeness (QED) is 0.747. The Morgan fingerprint density at radius 2 is 2.24 bits per heavy atom. The molecule has 0 aliphatic carbocycles. The first-order valence-corrected chi connectivity index (χ1v) is 7.09. The fraction of sp³-hybridized carbons (Fsp3) is 0.923. The summed E-state index contributed by atoms with van der Waals surface area (Å²) in [7, 11) is 0. The molecule has 3 unspecified atom stereocenters. The number of halogens is 1. The predicted molar refractivity (Wildman–Crippen MR) is 70.2 cm³/mol. The number of amides is 1. The highest BCUT2D eigenvalue weighted by Crippen LogP contribution is 2.23. The third kappa shape index (κ3) is 4.47. The van der Waals surface area contributed by atoms with Gasteiger partial charge in [0.1, 0.15) is 0 Å². The van der Waals surface area contributed by atoms with Gasteiger partial charge >= 0.3 is 0 Å². The van der Waals surface area contributed by atoms with Gasteiger partial charge in [0.05, 0.1) is 12.0 Å². The van der Waals surface area contributed by atoms with E-state index in [4.69, 9.17) is 16.3 Å². The van der Waals surface area contributed by atoms with E-state index in [0.29, 0.717) is 18.4 Å². The molecule has 3 atom stereocenters. The van der Waals surface area contributed by atoms with Crippen LogP contribution in [0.2, 0.25) is 0 Å². The van der Waals surface area contributed by atoms with Crippen molar-refractivity contribution in [3.63, 3.8) is 0 Å². The zero-order valence-electron chi connectivity index (χ0n) is 11.0. The van der Waals surface area contributed by atoms with Gasteiger partial charge < -0.3 is 10.1 Å². The Morgan fingerprint density at radius 1 is 1.53 bits per heavy atom. The molecule has 0 radical (unpaired) electrons. The summed E-state index contributed by atoms with van der Waals surface area (Å²) in [5.74, 6) is 1.15. The first-order chi connectivity index (χ1) is 8.08. The molecule has 0 saturated carbocycles. The van der Waals surface area contributed by atoms with E-state index in [9.17, 15) is 4.79 Å². The summed E-state index contributed by atoms with van der Waals surface area (Å²) < 4.78 is 5.54. The molecule has 17 heavy (non-hydrogen) atoms. The monoisotopic (exact) mass is 261 g/mol. The van der Waals surface area contributed by atoms with E-state index in [1.165, 1.54) is 0 Å². The van der Waals surface area contributed by atoms with E-state index < -0.39 is 0 Å². The molecule has 4 heteroatoms. The second-order valence-corrected chi connectivity index (χ2v) is 5.51. The number of alkyl halides is 1. The third-order valence-electron chi connectivity index (χ3n) is 3.24. The van der Waals surface area contributed by atoms with E-state index >= 15 is 0 Å². The summed E-state index contributed by atoms with van der Waals surface area (Å²) in [6, 6.07) is 0.0854. The Morgan fingerprint density at radius 3 is 2.76 bits per heavy atom. The second kappa shape index (κ2) is 7.22. The molecule has 0 aromatic heterocycles. The van der Waals surface area contributed by atoms with Crippen molar-refractivity contribution in [2.24, 2.45) is 11.8 Å². The Kier molecular flexibility index (Phi) is 6.28. The molecule has 1 N–H and O–H groups in total. The van der Waals surface area contributed by atoms with Crippen molar-refractivity contribution in [1.29, 1.82) is 0 Å². The van der Waals surface area contributed by atoms with Crippen LogP contribution in [0.5, 0.6) is 0 Å². The van der Waals surface area contributed by atoms with Crippen molar-refractivity contribution >= 4 is 17.5 Å². The molecule has 1 aliphatic heterocycles. The van der Waals surface area contributed by atoms with Gasteiger partial charge in [-0.1, -0.05) is 20.8 Å². The molecule has 1 fully saturated rings. The van der Waals surface area contributed by atoms with Crippen molar-refractivity contribution in [1.82, 2.24) is 5.32 Å². The van der Waals surface area contributed by atoms with Gasteiger partial charge in [-0.15, -0.1) is 11.6 Å². The van der Waals surface area contributed by atoms with Crippen LogP contribution in [-0.2, 0) is 9.53 Å². The van der Waals surface area contributed by atoms with Crippen LogP contribution in [0.15, 0.2) is 0 Å². The van der Waals surface area contributed by atoms with Crippen LogP contribution in [-0.4, -0.2) is 30.5 Å². The summed E-state index contributed by atoms with van der Waals surface area (Å²) in [5, 5.41) is 3.05. The van der Waals surface area contributed by atoms with Gasteiger partial charge in [0, 0.05) is 18.5 Å². The number of ether oxygens (including phenoxy) is 1. The first kappa shape index (κ1) is 14.8. The van der Waals surface area contributed by atoms with Crippen LogP contribution in [0.1, 0.15) is 40.0 Å². The average Bonchev–Trinajstić information content (AvgIpc) is 2.75. The van der Waals surface area contributed by atoms with E-state index in [1.54, 1.807) is 0 Å². The van der Waals surface area contributed by atoms with Crippen LogP contribution >= 0.6 is 11.6 Å². The zero-order chi connectivity index (χ0) is 12.8. The van der Waals surface area contributed by atoms with Crippen LogP contribution in [0.3, 0.4) is 0 Å². The van der Waals surface area contributed by atoms with Gasteiger partial charge in [-0.25, -0.2) is 0 Å². The largest absolute Gasteiger partial charge is 0.377 e. The number of hydrogen-bond acceptors (Lipinski definition) is 2. The number of hydrogen-bond donors (Lipinski definition) is 1. The van der Waals surface area contributed by atoms with Crippen LogP contribution < -0.4 is 5.32 Å². The van der Waals surface area contributed by atoms with Crippen molar-refractivity contribution in [3.05, 3.63) is 0 Å². The van der Waals surface area contributed by atoms with Gasteiger partial charge in [0.15, 0.2) is 0 Å². The molecule has 0 bridgehead atoms. The highest BCUT2D eigenvalue weighted by Gasteiger charge is 2.33. The maximum absolute atomic E-state index is 12.1. The molecule has 3 nitrogen and oxygen atoms in total. The minimum atomic E-state index is 0.0119. The molecule has 1 amide bonds. The third-order valence-corrected chi connectivity index (χ3v) is 3.61. The van der Waals surface area contributed by atoms with E-state index in [1.807, 2.05) is 0 Å². The molecule has 100 valence electrons. The summed E-state index contributed by atoms with van der Waals surface area (Å²) >= 11 is 5.89. The molecule has 1 rings (SSSR count). The molecular weight excluding hydrogens is 238 g/mol. The van der Waals surface area contributed by atoms with Gasteiger partial charge in [-0.3, -0.25) is 4.79 Å². The molecule has 0 spiro atoms. The number of carbonyl (C=O) groups is 1. The molecule has 0 aromatic rings. The predicted octanol–water partition coefficient (Wildman–Crippen LogP) is 2.57. The lowest BCUT2D eigenvalue weighted by Gasteiger charge is -2.22. The second-order valence-electron chi connectivity index (χ2n) is 5.20. The lowest BCUT2D eigenvalue weighted by molar-refractivity contribution is -0.127.